The van der Waals surface area contributed by atoms with Gasteiger partial charge in [-0.1, -0.05) is 36.4 Å². The van der Waals surface area contributed by atoms with Crippen LogP contribution in [0.1, 0.15) is 11.5 Å². The van der Waals surface area contributed by atoms with E-state index in [4.69, 9.17) is 9.15 Å². The van der Waals surface area contributed by atoms with Crippen LogP contribution in [0.15, 0.2) is 89.3 Å². The molecule has 28 heavy (non-hydrogen) atoms. The average Bonchev–Trinajstić information content (AvgIpc) is 3.11. The Balaban J connectivity index is 1.32. The maximum absolute atomic E-state index is 5.88. The van der Waals surface area contributed by atoms with Crippen molar-refractivity contribution in [1.82, 2.24) is 4.98 Å². The summed E-state index contributed by atoms with van der Waals surface area (Å²) in [6.07, 6.45) is 0.701. The summed E-state index contributed by atoms with van der Waals surface area (Å²) in [6.45, 7) is 2.49. The first-order valence-corrected chi connectivity index (χ1v) is 9.34. The molecule has 4 aromatic rings. The molecule has 1 heterocycles. The second-order valence-corrected chi connectivity index (χ2v) is 6.50. The van der Waals surface area contributed by atoms with Gasteiger partial charge in [0.1, 0.15) is 11.5 Å². The highest BCUT2D eigenvalue weighted by Crippen LogP contribution is 2.23. The number of aromatic nitrogens is 1. The molecule has 0 radical (unpaired) electrons. The molecule has 1 N–H and O–H groups in total. The molecule has 1 aromatic heterocycles. The number of rotatable bonds is 7. The molecule has 0 saturated carbocycles. The Hall–Kier alpha value is -3.53. The van der Waals surface area contributed by atoms with Gasteiger partial charge in [-0.05, 0) is 55.5 Å². The molecule has 0 aliphatic rings. The normalized spacial score (nSPS) is 10.6. The number of benzene rings is 3. The predicted molar refractivity (Wildman–Crippen MR) is 112 cm³/mol. The van der Waals surface area contributed by atoms with E-state index in [1.165, 1.54) is 0 Å². The third-order valence-electron chi connectivity index (χ3n) is 4.44. The van der Waals surface area contributed by atoms with Crippen LogP contribution in [0.5, 0.6) is 5.75 Å². The number of nitrogens with zero attached hydrogens (tertiary/aromatic N) is 1. The van der Waals surface area contributed by atoms with Crippen LogP contribution >= 0.6 is 0 Å². The lowest BCUT2D eigenvalue weighted by Crippen LogP contribution is -2.02. The average molecular weight is 370 g/mol. The zero-order chi connectivity index (χ0) is 19.2. The first kappa shape index (κ1) is 17.9. The van der Waals surface area contributed by atoms with Crippen LogP contribution in [0, 0.1) is 6.92 Å². The Morgan fingerprint density at radius 1 is 0.821 bits per heavy atom. The van der Waals surface area contributed by atoms with Crippen molar-refractivity contribution in [2.24, 2.45) is 0 Å². The fraction of sp³-hybridized carbons (Fsp3) is 0.125. The lowest BCUT2D eigenvalue weighted by atomic mass is 10.2. The van der Waals surface area contributed by atoms with Gasteiger partial charge in [0.05, 0.1) is 12.3 Å². The van der Waals surface area contributed by atoms with E-state index in [1.807, 2.05) is 91.9 Å². The van der Waals surface area contributed by atoms with Crippen LogP contribution < -0.4 is 10.1 Å². The second kappa shape index (κ2) is 8.44. The molecule has 0 aliphatic heterocycles. The Kier molecular flexibility index (Phi) is 5.38. The van der Waals surface area contributed by atoms with Crippen LogP contribution in [0.3, 0.4) is 0 Å². The molecule has 0 spiro atoms. The van der Waals surface area contributed by atoms with Crippen molar-refractivity contribution < 1.29 is 9.15 Å². The number of hydrogen-bond acceptors (Lipinski definition) is 4. The molecular formula is C24H22N2O2. The standard InChI is InChI=1S/C24H22N2O2/c1-18-23(26-24(28-18)19-8-4-2-5-9-19)16-17-27-22-14-12-21(13-15-22)25-20-10-6-3-7-11-20/h2-15,25H,16-17H2,1H3. The number of ether oxygens (including phenoxy) is 1. The minimum atomic E-state index is 0.549. The first-order chi connectivity index (χ1) is 13.8. The summed E-state index contributed by atoms with van der Waals surface area (Å²) < 4.78 is 11.7. The minimum Gasteiger partial charge on any atom is -0.493 e. The van der Waals surface area contributed by atoms with Crippen molar-refractivity contribution >= 4 is 11.4 Å². The highest BCUT2D eigenvalue weighted by molar-refractivity contribution is 5.60. The predicted octanol–water partition coefficient (Wildman–Crippen LogP) is 6.02. The van der Waals surface area contributed by atoms with E-state index in [0.29, 0.717) is 18.9 Å². The summed E-state index contributed by atoms with van der Waals surface area (Å²) in [4.78, 5) is 4.62. The van der Waals surface area contributed by atoms with Crippen LogP contribution in [0.2, 0.25) is 0 Å². The second-order valence-electron chi connectivity index (χ2n) is 6.50. The van der Waals surface area contributed by atoms with Gasteiger partial charge in [-0.25, -0.2) is 4.98 Å². The van der Waals surface area contributed by atoms with Gasteiger partial charge in [0.25, 0.3) is 0 Å². The van der Waals surface area contributed by atoms with E-state index in [1.54, 1.807) is 0 Å². The smallest absolute Gasteiger partial charge is 0.226 e. The van der Waals surface area contributed by atoms with E-state index < -0.39 is 0 Å². The highest BCUT2D eigenvalue weighted by Gasteiger charge is 2.11. The summed E-state index contributed by atoms with van der Waals surface area (Å²) in [5.74, 6) is 2.33. The van der Waals surface area contributed by atoms with Gasteiger partial charge < -0.3 is 14.5 Å². The van der Waals surface area contributed by atoms with Crippen molar-refractivity contribution in [2.45, 2.75) is 13.3 Å². The van der Waals surface area contributed by atoms with Gasteiger partial charge in [-0.3, -0.25) is 0 Å². The molecule has 0 unspecified atom stereocenters. The Bertz CT molecular complexity index is 1010. The molecule has 3 aromatic carbocycles. The van der Waals surface area contributed by atoms with Crippen molar-refractivity contribution in [3.63, 3.8) is 0 Å². The van der Waals surface area contributed by atoms with Crippen LogP contribution in [-0.4, -0.2) is 11.6 Å². The van der Waals surface area contributed by atoms with Crippen molar-refractivity contribution in [2.75, 3.05) is 11.9 Å². The molecule has 0 amide bonds. The SMILES string of the molecule is Cc1oc(-c2ccccc2)nc1CCOc1ccc(Nc2ccccc2)cc1. The third-order valence-corrected chi connectivity index (χ3v) is 4.44. The molecule has 0 atom stereocenters. The monoisotopic (exact) mass is 370 g/mol. The lowest BCUT2D eigenvalue weighted by Gasteiger charge is -2.08. The number of nitrogens with one attached hydrogen (secondary N) is 1. The van der Waals surface area contributed by atoms with Crippen molar-refractivity contribution in [3.05, 3.63) is 96.4 Å². The van der Waals surface area contributed by atoms with Gasteiger partial charge in [0.15, 0.2) is 0 Å². The fourth-order valence-corrected chi connectivity index (χ4v) is 2.95. The zero-order valence-corrected chi connectivity index (χ0v) is 15.8. The van der Waals surface area contributed by atoms with Crippen LogP contribution in [-0.2, 0) is 6.42 Å². The Morgan fingerprint density at radius 3 is 2.18 bits per heavy atom. The zero-order valence-electron chi connectivity index (χ0n) is 15.8. The molecule has 140 valence electrons. The lowest BCUT2D eigenvalue weighted by molar-refractivity contribution is 0.320. The number of aryl methyl sites for hydroxylation is 1. The number of anilines is 2. The first-order valence-electron chi connectivity index (χ1n) is 9.34. The quantitative estimate of drug-likeness (QED) is 0.432. The highest BCUT2D eigenvalue weighted by atomic mass is 16.5. The van der Waals surface area contributed by atoms with E-state index in [-0.39, 0.29) is 0 Å². The van der Waals surface area contributed by atoms with Crippen molar-refractivity contribution in [3.8, 4) is 17.2 Å². The van der Waals surface area contributed by atoms with Gasteiger partial charge in [-0.15, -0.1) is 0 Å². The van der Waals surface area contributed by atoms with E-state index in [9.17, 15) is 0 Å². The van der Waals surface area contributed by atoms with Crippen LogP contribution in [0.4, 0.5) is 11.4 Å². The summed E-state index contributed by atoms with van der Waals surface area (Å²) >= 11 is 0. The number of hydrogen-bond donors (Lipinski definition) is 1. The molecule has 0 fully saturated rings. The molecule has 4 heteroatoms. The molecule has 4 rings (SSSR count). The fourth-order valence-electron chi connectivity index (χ4n) is 2.95. The maximum atomic E-state index is 5.88. The van der Waals surface area contributed by atoms with E-state index in [0.717, 1.165) is 34.1 Å². The van der Waals surface area contributed by atoms with E-state index in [2.05, 4.69) is 10.3 Å². The third kappa shape index (κ3) is 4.41. The summed E-state index contributed by atoms with van der Waals surface area (Å²) in [5, 5.41) is 3.36. The summed E-state index contributed by atoms with van der Waals surface area (Å²) in [5.41, 5.74) is 4.01. The van der Waals surface area contributed by atoms with Gasteiger partial charge >= 0.3 is 0 Å². The molecule has 0 saturated heterocycles. The van der Waals surface area contributed by atoms with Gasteiger partial charge in [-0.2, -0.15) is 0 Å². The van der Waals surface area contributed by atoms with E-state index >= 15 is 0 Å². The Morgan fingerprint density at radius 2 is 1.46 bits per heavy atom. The Labute approximate surface area is 164 Å². The molecule has 0 bridgehead atoms. The number of para-hydroxylation sites is 1. The largest absolute Gasteiger partial charge is 0.493 e. The molecule has 0 aliphatic carbocycles. The van der Waals surface area contributed by atoms with Crippen molar-refractivity contribution in [1.29, 1.82) is 0 Å². The van der Waals surface area contributed by atoms with Gasteiger partial charge in [0.2, 0.25) is 5.89 Å². The van der Waals surface area contributed by atoms with Crippen LogP contribution in [0.25, 0.3) is 11.5 Å². The topological polar surface area (TPSA) is 47.3 Å². The summed E-state index contributed by atoms with van der Waals surface area (Å²) in [7, 11) is 0. The maximum Gasteiger partial charge on any atom is 0.226 e. The summed E-state index contributed by atoms with van der Waals surface area (Å²) in [6, 6.07) is 28.0. The molecular weight excluding hydrogens is 348 g/mol. The minimum absolute atomic E-state index is 0.549. The van der Waals surface area contributed by atoms with Gasteiger partial charge in [0, 0.05) is 23.4 Å². The molecule has 4 nitrogen and oxygen atoms in total. The number of oxazole rings is 1.